The number of aliphatic hydroxyl groups excluding tert-OH is 1. The number of nitrogens with one attached hydrogen (secondary N) is 1. The molecule has 6 nitrogen and oxygen atoms in total. The number of benzene rings is 2. The number of hydrogen-bond acceptors (Lipinski definition) is 4. The van der Waals surface area contributed by atoms with Gasteiger partial charge in [0.1, 0.15) is 5.82 Å². The van der Waals surface area contributed by atoms with Crippen molar-refractivity contribution in [3.8, 4) is 5.69 Å². The van der Waals surface area contributed by atoms with Gasteiger partial charge >= 0.3 is 0 Å². The third-order valence-electron chi connectivity index (χ3n) is 3.73. The monoisotopic (exact) mass is 340 g/mol. The highest BCUT2D eigenvalue weighted by Gasteiger charge is 2.12. The molecule has 0 radical (unpaired) electrons. The van der Waals surface area contributed by atoms with Crippen molar-refractivity contribution < 1.29 is 14.3 Å². The van der Waals surface area contributed by atoms with Crippen molar-refractivity contribution in [2.75, 3.05) is 0 Å². The number of aromatic nitrogens is 3. The van der Waals surface area contributed by atoms with Crippen LogP contribution < -0.4 is 5.32 Å². The minimum Gasteiger partial charge on any atom is -0.392 e. The lowest BCUT2D eigenvalue weighted by Gasteiger charge is -2.06. The second kappa shape index (κ2) is 7.23. The van der Waals surface area contributed by atoms with Gasteiger partial charge in [-0.3, -0.25) is 4.79 Å². The summed E-state index contributed by atoms with van der Waals surface area (Å²) in [6.45, 7) is 1.78. The maximum atomic E-state index is 13.4. The van der Waals surface area contributed by atoms with E-state index in [1.807, 2.05) is 31.2 Å². The summed E-state index contributed by atoms with van der Waals surface area (Å²) in [5.74, 6) is -0.854. The zero-order chi connectivity index (χ0) is 17.8. The fourth-order valence-electron chi connectivity index (χ4n) is 2.40. The zero-order valence-electron chi connectivity index (χ0n) is 13.6. The molecule has 0 aliphatic rings. The molecule has 0 aliphatic carbocycles. The van der Waals surface area contributed by atoms with Crippen molar-refractivity contribution in [2.45, 2.75) is 20.1 Å². The smallest absolute Gasteiger partial charge is 0.273 e. The van der Waals surface area contributed by atoms with Crippen LogP contribution in [0, 0.1) is 12.7 Å². The van der Waals surface area contributed by atoms with Gasteiger partial charge < -0.3 is 10.4 Å². The summed E-state index contributed by atoms with van der Waals surface area (Å²) in [5.41, 5.74) is 2.96. The van der Waals surface area contributed by atoms with Crippen molar-refractivity contribution in [1.29, 1.82) is 0 Å². The number of aliphatic hydroxyl groups is 1. The lowest BCUT2D eigenvalue weighted by atomic mass is 10.1. The Balaban J connectivity index is 1.68. The van der Waals surface area contributed by atoms with E-state index in [0.29, 0.717) is 5.56 Å². The summed E-state index contributed by atoms with van der Waals surface area (Å²) < 4.78 is 14.9. The molecule has 0 bridgehead atoms. The Kier molecular flexibility index (Phi) is 4.85. The van der Waals surface area contributed by atoms with Crippen LogP contribution in [0.1, 0.15) is 27.2 Å². The molecular weight excluding hydrogens is 323 g/mol. The van der Waals surface area contributed by atoms with E-state index >= 15 is 0 Å². The molecule has 0 spiro atoms. The Labute approximate surface area is 143 Å². The Morgan fingerprint density at radius 1 is 1.28 bits per heavy atom. The minimum atomic E-state index is -0.473. The Morgan fingerprint density at radius 3 is 2.88 bits per heavy atom. The highest BCUT2D eigenvalue weighted by Crippen LogP contribution is 2.11. The lowest BCUT2D eigenvalue weighted by Crippen LogP contribution is -2.23. The Hall–Kier alpha value is -3.06. The summed E-state index contributed by atoms with van der Waals surface area (Å²) in [6, 6.07) is 12.0. The van der Waals surface area contributed by atoms with Crippen LogP contribution in [0.5, 0.6) is 0 Å². The number of nitrogens with zero attached hydrogens (tertiary/aromatic N) is 3. The van der Waals surface area contributed by atoms with Crippen LogP contribution in [0.2, 0.25) is 0 Å². The van der Waals surface area contributed by atoms with Crippen molar-refractivity contribution in [2.24, 2.45) is 0 Å². The molecule has 0 fully saturated rings. The Bertz CT molecular complexity index is 908. The maximum Gasteiger partial charge on any atom is 0.273 e. The third-order valence-corrected chi connectivity index (χ3v) is 3.73. The first-order valence-corrected chi connectivity index (χ1v) is 7.72. The molecule has 2 aromatic carbocycles. The summed E-state index contributed by atoms with van der Waals surface area (Å²) in [5, 5.41) is 19.6. The molecule has 0 atom stereocenters. The lowest BCUT2D eigenvalue weighted by molar-refractivity contribution is 0.0946. The molecule has 7 heteroatoms. The number of halogens is 1. The third kappa shape index (κ3) is 3.89. The standard InChI is InChI=1S/C18H17FN4O2/c1-12-3-2-4-15(7-12)23-10-17(21-22-23)18(25)20-9-13-5-6-16(19)14(8-13)11-24/h2-8,10,24H,9,11H2,1H3,(H,20,25). The molecular formula is C18H17FN4O2. The second-order valence-corrected chi connectivity index (χ2v) is 5.65. The predicted molar refractivity (Wildman–Crippen MR) is 89.6 cm³/mol. The number of aryl methyl sites for hydroxylation is 1. The fourth-order valence-corrected chi connectivity index (χ4v) is 2.40. The molecule has 3 aromatic rings. The normalized spacial score (nSPS) is 10.7. The van der Waals surface area contributed by atoms with Crippen LogP contribution in [0.3, 0.4) is 0 Å². The van der Waals surface area contributed by atoms with E-state index in [9.17, 15) is 9.18 Å². The van der Waals surface area contributed by atoms with Crippen molar-refractivity contribution >= 4 is 5.91 Å². The van der Waals surface area contributed by atoms with Crippen molar-refractivity contribution in [3.63, 3.8) is 0 Å². The van der Waals surface area contributed by atoms with E-state index < -0.39 is 12.4 Å². The molecule has 1 heterocycles. The van der Waals surface area contributed by atoms with E-state index in [1.165, 1.54) is 16.8 Å². The Morgan fingerprint density at radius 2 is 2.12 bits per heavy atom. The van der Waals surface area contributed by atoms with Gasteiger partial charge in [0.15, 0.2) is 5.69 Å². The molecule has 3 rings (SSSR count). The number of amides is 1. The average Bonchev–Trinajstić information content (AvgIpc) is 3.11. The molecule has 0 aliphatic heterocycles. The molecule has 1 amide bonds. The van der Waals surface area contributed by atoms with Gasteiger partial charge in [-0.25, -0.2) is 9.07 Å². The van der Waals surface area contributed by atoms with Crippen LogP contribution >= 0.6 is 0 Å². The van der Waals surface area contributed by atoms with Crippen LogP contribution in [0.25, 0.3) is 5.69 Å². The van der Waals surface area contributed by atoms with Crippen LogP contribution in [0.15, 0.2) is 48.7 Å². The van der Waals surface area contributed by atoms with E-state index in [1.54, 1.807) is 12.3 Å². The van der Waals surface area contributed by atoms with E-state index in [4.69, 9.17) is 5.11 Å². The second-order valence-electron chi connectivity index (χ2n) is 5.65. The summed E-state index contributed by atoms with van der Waals surface area (Å²) >= 11 is 0. The maximum absolute atomic E-state index is 13.4. The number of rotatable bonds is 5. The SMILES string of the molecule is Cc1cccc(-n2cc(C(=O)NCc3ccc(F)c(CO)c3)nn2)c1. The molecule has 25 heavy (non-hydrogen) atoms. The van der Waals surface area contributed by atoms with Gasteiger partial charge in [0, 0.05) is 12.1 Å². The highest BCUT2D eigenvalue weighted by molar-refractivity contribution is 5.91. The highest BCUT2D eigenvalue weighted by atomic mass is 19.1. The summed E-state index contributed by atoms with van der Waals surface area (Å²) in [4.78, 5) is 12.2. The first kappa shape index (κ1) is 16.8. The summed E-state index contributed by atoms with van der Waals surface area (Å²) in [6.07, 6.45) is 1.55. The van der Waals surface area contributed by atoms with Gasteiger partial charge in [-0.15, -0.1) is 5.10 Å². The van der Waals surface area contributed by atoms with Gasteiger partial charge in [-0.2, -0.15) is 0 Å². The van der Waals surface area contributed by atoms with Crippen molar-refractivity contribution in [3.05, 3.63) is 76.9 Å². The number of carbonyl (C=O) groups excluding carboxylic acids is 1. The predicted octanol–water partition coefficient (Wildman–Crippen LogP) is 2.14. The van der Waals surface area contributed by atoms with E-state index in [-0.39, 0.29) is 23.7 Å². The number of hydrogen-bond donors (Lipinski definition) is 2. The van der Waals surface area contributed by atoms with Crippen LogP contribution in [0.4, 0.5) is 4.39 Å². The summed E-state index contributed by atoms with van der Waals surface area (Å²) in [7, 11) is 0. The van der Waals surface area contributed by atoms with Crippen LogP contribution in [-0.2, 0) is 13.2 Å². The zero-order valence-corrected chi connectivity index (χ0v) is 13.6. The molecule has 0 unspecified atom stereocenters. The molecule has 128 valence electrons. The van der Waals surface area contributed by atoms with E-state index in [2.05, 4.69) is 15.6 Å². The minimum absolute atomic E-state index is 0.186. The quantitative estimate of drug-likeness (QED) is 0.746. The topological polar surface area (TPSA) is 80.0 Å². The first-order chi connectivity index (χ1) is 12.1. The largest absolute Gasteiger partial charge is 0.392 e. The van der Waals surface area contributed by atoms with Gasteiger partial charge in [0.05, 0.1) is 18.5 Å². The average molecular weight is 340 g/mol. The van der Waals surface area contributed by atoms with Gasteiger partial charge in [-0.1, -0.05) is 23.4 Å². The molecule has 0 saturated carbocycles. The molecule has 0 saturated heterocycles. The van der Waals surface area contributed by atoms with E-state index in [0.717, 1.165) is 11.3 Å². The first-order valence-electron chi connectivity index (χ1n) is 7.72. The molecule has 1 aromatic heterocycles. The van der Waals surface area contributed by atoms with Gasteiger partial charge in [0.2, 0.25) is 0 Å². The van der Waals surface area contributed by atoms with Crippen LogP contribution in [-0.4, -0.2) is 26.0 Å². The fraction of sp³-hybridized carbons (Fsp3) is 0.167. The number of carbonyl (C=O) groups is 1. The molecule has 2 N–H and O–H groups in total. The van der Waals surface area contributed by atoms with Gasteiger partial charge in [0.25, 0.3) is 5.91 Å². The van der Waals surface area contributed by atoms with Crippen molar-refractivity contribution in [1.82, 2.24) is 20.3 Å². The van der Waals surface area contributed by atoms with Gasteiger partial charge in [-0.05, 0) is 42.3 Å².